The molecule has 3 aromatic carbocycles. The highest BCUT2D eigenvalue weighted by Crippen LogP contribution is 2.14. The number of carbonyl (C=O) groups is 3. The first-order chi connectivity index (χ1) is 17.1. The van der Waals surface area contributed by atoms with E-state index in [-0.39, 0.29) is 24.3 Å². The fraction of sp³-hybridized carbons (Fsp3) is 0.276. The van der Waals surface area contributed by atoms with Crippen molar-refractivity contribution in [2.24, 2.45) is 0 Å². The monoisotopic (exact) mass is 469 g/mol. The Kier molecular flexibility index (Phi) is 8.28. The highest BCUT2D eigenvalue weighted by Gasteiger charge is 2.22. The van der Waals surface area contributed by atoms with Gasteiger partial charge in [-0.1, -0.05) is 60.7 Å². The molecule has 1 fully saturated rings. The number of hydrogen-bond acceptors (Lipinski definition) is 3. The second-order valence-corrected chi connectivity index (χ2v) is 8.85. The number of benzene rings is 3. The van der Waals surface area contributed by atoms with Crippen LogP contribution in [0.1, 0.15) is 51.1 Å². The maximum absolute atomic E-state index is 13.2. The van der Waals surface area contributed by atoms with Gasteiger partial charge in [0.1, 0.15) is 6.04 Å². The van der Waals surface area contributed by atoms with Gasteiger partial charge in [0, 0.05) is 37.2 Å². The molecule has 1 heterocycles. The average molecular weight is 470 g/mol. The van der Waals surface area contributed by atoms with Crippen LogP contribution in [0.2, 0.25) is 0 Å². The van der Waals surface area contributed by atoms with Gasteiger partial charge in [-0.2, -0.15) is 0 Å². The van der Waals surface area contributed by atoms with Crippen molar-refractivity contribution in [3.8, 4) is 0 Å². The van der Waals surface area contributed by atoms with Gasteiger partial charge in [0.2, 0.25) is 5.91 Å². The maximum atomic E-state index is 13.2. The summed E-state index contributed by atoms with van der Waals surface area (Å²) in [5.41, 5.74) is 2.93. The molecule has 0 aliphatic carbocycles. The molecule has 180 valence electrons. The van der Waals surface area contributed by atoms with E-state index >= 15 is 0 Å². The zero-order valence-corrected chi connectivity index (χ0v) is 19.8. The van der Waals surface area contributed by atoms with Crippen LogP contribution in [0.25, 0.3) is 0 Å². The van der Waals surface area contributed by atoms with Gasteiger partial charge in [0.15, 0.2) is 0 Å². The Hall–Kier alpha value is -3.93. The minimum Gasteiger partial charge on any atom is -0.350 e. The molecule has 4 rings (SSSR count). The lowest BCUT2D eigenvalue weighted by atomic mass is 10.0. The van der Waals surface area contributed by atoms with Gasteiger partial charge in [-0.3, -0.25) is 14.4 Å². The van der Waals surface area contributed by atoms with E-state index in [0.717, 1.165) is 37.1 Å². The lowest BCUT2D eigenvalue weighted by Gasteiger charge is -2.26. The summed E-state index contributed by atoms with van der Waals surface area (Å²) >= 11 is 0. The summed E-state index contributed by atoms with van der Waals surface area (Å²) in [6, 6.07) is 25.1. The number of rotatable bonds is 8. The van der Waals surface area contributed by atoms with Crippen LogP contribution in [0.4, 0.5) is 0 Å². The molecule has 35 heavy (non-hydrogen) atoms. The number of carbonyl (C=O) groups excluding carboxylic acids is 3. The maximum Gasteiger partial charge on any atom is 0.253 e. The third kappa shape index (κ3) is 6.79. The Morgan fingerprint density at radius 2 is 1.37 bits per heavy atom. The minimum absolute atomic E-state index is 0.0370. The molecule has 1 saturated heterocycles. The molecule has 0 spiro atoms. The second kappa shape index (κ2) is 12.0. The molecule has 3 amide bonds. The van der Waals surface area contributed by atoms with Gasteiger partial charge in [-0.05, 0) is 54.7 Å². The molecule has 2 N–H and O–H groups in total. The van der Waals surface area contributed by atoms with E-state index in [1.807, 2.05) is 65.6 Å². The standard InChI is InChI=1S/C29H31N3O3/c33-27(24-14-6-2-7-15-24)31-26(20-22-11-4-1-5-12-22)28(34)30-21-23-13-10-16-25(19-23)29(35)32-17-8-3-9-18-32/h1-2,4-7,10-16,19,26H,3,8-9,17-18,20-21H2,(H,30,34)(H,31,33). The molecule has 1 unspecified atom stereocenters. The molecule has 0 radical (unpaired) electrons. The van der Waals surface area contributed by atoms with Crippen LogP contribution >= 0.6 is 0 Å². The highest BCUT2D eigenvalue weighted by atomic mass is 16.2. The zero-order valence-electron chi connectivity index (χ0n) is 19.8. The summed E-state index contributed by atoms with van der Waals surface area (Å²) in [5.74, 6) is -0.531. The minimum atomic E-state index is -0.733. The van der Waals surface area contributed by atoms with E-state index in [2.05, 4.69) is 10.6 Å². The van der Waals surface area contributed by atoms with Crippen molar-refractivity contribution < 1.29 is 14.4 Å². The number of nitrogens with zero attached hydrogens (tertiary/aromatic N) is 1. The fourth-order valence-electron chi connectivity index (χ4n) is 4.30. The molecule has 0 saturated carbocycles. The van der Waals surface area contributed by atoms with Crippen molar-refractivity contribution in [2.45, 2.75) is 38.3 Å². The van der Waals surface area contributed by atoms with Crippen LogP contribution < -0.4 is 10.6 Å². The Morgan fingerprint density at radius 3 is 2.09 bits per heavy atom. The van der Waals surface area contributed by atoms with E-state index in [1.165, 1.54) is 6.42 Å². The van der Waals surface area contributed by atoms with Crippen LogP contribution in [0.15, 0.2) is 84.9 Å². The molecule has 6 heteroatoms. The van der Waals surface area contributed by atoms with Gasteiger partial charge in [0.05, 0.1) is 0 Å². The van der Waals surface area contributed by atoms with Crippen LogP contribution in [-0.2, 0) is 17.8 Å². The van der Waals surface area contributed by atoms with Gasteiger partial charge in [0.25, 0.3) is 11.8 Å². The first-order valence-electron chi connectivity index (χ1n) is 12.2. The molecule has 1 atom stereocenters. The third-order valence-corrected chi connectivity index (χ3v) is 6.22. The lowest BCUT2D eigenvalue weighted by Crippen LogP contribution is -2.47. The SMILES string of the molecule is O=C(NC(Cc1ccccc1)C(=O)NCc1cccc(C(=O)N2CCCCC2)c1)c1ccccc1. The molecule has 0 bridgehead atoms. The number of nitrogens with one attached hydrogen (secondary N) is 2. The van der Waals surface area contributed by atoms with Crippen molar-refractivity contribution in [3.05, 3.63) is 107 Å². The number of piperidine rings is 1. The van der Waals surface area contributed by atoms with Crippen molar-refractivity contribution in [1.29, 1.82) is 0 Å². The van der Waals surface area contributed by atoms with Crippen LogP contribution in [-0.4, -0.2) is 41.8 Å². The normalized spacial score (nSPS) is 14.1. The predicted molar refractivity (Wildman–Crippen MR) is 136 cm³/mol. The summed E-state index contributed by atoms with van der Waals surface area (Å²) < 4.78 is 0. The Morgan fingerprint density at radius 1 is 0.743 bits per heavy atom. The van der Waals surface area contributed by atoms with Gasteiger partial charge >= 0.3 is 0 Å². The van der Waals surface area contributed by atoms with E-state index in [1.54, 1.807) is 24.3 Å². The molecule has 6 nitrogen and oxygen atoms in total. The van der Waals surface area contributed by atoms with Gasteiger partial charge in [-0.25, -0.2) is 0 Å². The zero-order chi connectivity index (χ0) is 24.5. The first kappa shape index (κ1) is 24.2. The molecule has 0 aromatic heterocycles. The van der Waals surface area contributed by atoms with E-state index < -0.39 is 6.04 Å². The Balaban J connectivity index is 1.42. The lowest BCUT2D eigenvalue weighted by molar-refractivity contribution is -0.123. The van der Waals surface area contributed by atoms with Crippen molar-refractivity contribution >= 4 is 17.7 Å². The third-order valence-electron chi connectivity index (χ3n) is 6.22. The predicted octanol–water partition coefficient (Wildman–Crippen LogP) is 3.97. The first-order valence-corrected chi connectivity index (χ1v) is 12.2. The van der Waals surface area contributed by atoms with Crippen LogP contribution in [0, 0.1) is 0 Å². The summed E-state index contributed by atoms with van der Waals surface area (Å²) in [4.78, 5) is 40.7. The molecule has 1 aliphatic heterocycles. The fourth-order valence-corrected chi connectivity index (χ4v) is 4.30. The summed E-state index contributed by atoms with van der Waals surface area (Å²) in [6.07, 6.45) is 3.62. The number of likely N-dealkylation sites (tertiary alicyclic amines) is 1. The van der Waals surface area contributed by atoms with Crippen molar-refractivity contribution in [3.63, 3.8) is 0 Å². The Labute approximate surface area is 206 Å². The molecule has 3 aromatic rings. The van der Waals surface area contributed by atoms with Crippen molar-refractivity contribution in [2.75, 3.05) is 13.1 Å². The molecular formula is C29H31N3O3. The van der Waals surface area contributed by atoms with Gasteiger partial charge in [-0.15, -0.1) is 0 Å². The number of amides is 3. The van der Waals surface area contributed by atoms with Crippen molar-refractivity contribution in [1.82, 2.24) is 15.5 Å². The largest absolute Gasteiger partial charge is 0.350 e. The van der Waals surface area contributed by atoms with E-state index in [4.69, 9.17) is 0 Å². The van der Waals surface area contributed by atoms with Crippen LogP contribution in [0.5, 0.6) is 0 Å². The van der Waals surface area contributed by atoms with E-state index in [0.29, 0.717) is 17.5 Å². The Bertz CT molecular complexity index is 1140. The average Bonchev–Trinajstić information content (AvgIpc) is 2.92. The highest BCUT2D eigenvalue weighted by molar-refractivity contribution is 5.97. The molecular weight excluding hydrogens is 438 g/mol. The quantitative estimate of drug-likeness (QED) is 0.524. The topological polar surface area (TPSA) is 78.5 Å². The van der Waals surface area contributed by atoms with E-state index in [9.17, 15) is 14.4 Å². The summed E-state index contributed by atoms with van der Waals surface area (Å²) in [5, 5.41) is 5.82. The second-order valence-electron chi connectivity index (χ2n) is 8.85. The van der Waals surface area contributed by atoms with Crippen LogP contribution in [0.3, 0.4) is 0 Å². The number of hydrogen-bond donors (Lipinski definition) is 2. The summed E-state index contributed by atoms with van der Waals surface area (Å²) in [7, 11) is 0. The smallest absolute Gasteiger partial charge is 0.253 e. The molecule has 1 aliphatic rings. The summed E-state index contributed by atoms with van der Waals surface area (Å²) in [6.45, 7) is 1.86. The van der Waals surface area contributed by atoms with Gasteiger partial charge < -0.3 is 15.5 Å².